The molecule has 0 aromatic heterocycles. The summed E-state index contributed by atoms with van der Waals surface area (Å²) in [5, 5.41) is 0. The first-order valence-electron chi connectivity index (χ1n) is 9.03. The molecule has 142 valence electrons. The van der Waals surface area contributed by atoms with E-state index in [1.165, 1.54) is 11.8 Å². The average Bonchev–Trinajstić information content (AvgIpc) is 2.66. The molecule has 1 saturated heterocycles. The summed E-state index contributed by atoms with van der Waals surface area (Å²) in [6, 6.07) is 7.63. The molecule has 0 unspecified atom stereocenters. The first-order chi connectivity index (χ1) is 12.5. The molecule has 0 aliphatic carbocycles. The normalized spacial score (nSPS) is 14.1. The average molecular weight is 361 g/mol. The van der Waals surface area contributed by atoms with Crippen molar-refractivity contribution in [2.45, 2.75) is 27.2 Å². The van der Waals surface area contributed by atoms with E-state index in [0.29, 0.717) is 32.8 Å². The summed E-state index contributed by atoms with van der Waals surface area (Å²) in [5.41, 5.74) is 1.81. The third kappa shape index (κ3) is 4.74. The Morgan fingerprint density at radius 2 is 1.65 bits per heavy atom. The number of benzene rings is 1. The third-order valence-corrected chi connectivity index (χ3v) is 4.50. The van der Waals surface area contributed by atoms with Crippen LogP contribution in [0.4, 0.5) is 10.5 Å². The molecular formula is C19H27N3O4. The van der Waals surface area contributed by atoms with E-state index in [2.05, 4.69) is 0 Å². The highest BCUT2D eigenvalue weighted by Crippen LogP contribution is 2.21. The molecule has 1 aromatic carbocycles. The lowest BCUT2D eigenvalue weighted by molar-refractivity contribution is -0.132. The number of anilines is 1. The molecule has 0 atom stereocenters. The van der Waals surface area contributed by atoms with Crippen LogP contribution < -0.4 is 4.90 Å². The van der Waals surface area contributed by atoms with E-state index in [0.717, 1.165) is 17.7 Å². The van der Waals surface area contributed by atoms with Gasteiger partial charge in [-0.15, -0.1) is 0 Å². The number of nitrogens with zero attached hydrogens (tertiary/aromatic N) is 3. The maximum atomic E-state index is 12.7. The number of para-hydroxylation sites is 1. The molecule has 7 nitrogen and oxygen atoms in total. The van der Waals surface area contributed by atoms with E-state index in [4.69, 9.17) is 4.74 Å². The summed E-state index contributed by atoms with van der Waals surface area (Å²) in [4.78, 5) is 41.4. The van der Waals surface area contributed by atoms with E-state index in [-0.39, 0.29) is 24.5 Å². The van der Waals surface area contributed by atoms with Gasteiger partial charge in [0.05, 0.1) is 6.61 Å². The van der Waals surface area contributed by atoms with Gasteiger partial charge in [0, 0.05) is 38.8 Å². The quantitative estimate of drug-likeness (QED) is 0.803. The number of ether oxygens (including phenoxy) is 1. The van der Waals surface area contributed by atoms with Crippen LogP contribution in [0.25, 0.3) is 0 Å². The zero-order chi connectivity index (χ0) is 19.1. The second kappa shape index (κ2) is 9.22. The van der Waals surface area contributed by atoms with Gasteiger partial charge in [0.1, 0.15) is 6.54 Å². The van der Waals surface area contributed by atoms with Gasteiger partial charge in [-0.25, -0.2) is 4.79 Å². The van der Waals surface area contributed by atoms with Crippen LogP contribution in [-0.4, -0.2) is 67.0 Å². The molecule has 0 radical (unpaired) electrons. The van der Waals surface area contributed by atoms with Crippen molar-refractivity contribution in [1.82, 2.24) is 9.80 Å². The topological polar surface area (TPSA) is 70.2 Å². The first kappa shape index (κ1) is 19.8. The van der Waals surface area contributed by atoms with Gasteiger partial charge >= 0.3 is 6.09 Å². The molecule has 26 heavy (non-hydrogen) atoms. The van der Waals surface area contributed by atoms with Crippen molar-refractivity contribution in [3.8, 4) is 0 Å². The van der Waals surface area contributed by atoms with Crippen molar-refractivity contribution >= 4 is 23.6 Å². The molecule has 0 bridgehead atoms. The Kier molecular flexibility index (Phi) is 7.00. The SMILES string of the molecule is CCOC(=O)N1CCN(C(=O)CN(C(C)=O)c2ccccc2CC)CC1. The fourth-order valence-corrected chi connectivity index (χ4v) is 3.03. The Hall–Kier alpha value is -2.57. The van der Waals surface area contributed by atoms with Gasteiger partial charge in [-0.1, -0.05) is 25.1 Å². The van der Waals surface area contributed by atoms with Gasteiger partial charge in [-0.05, 0) is 25.0 Å². The molecule has 0 saturated carbocycles. The molecule has 7 heteroatoms. The molecule has 1 aliphatic rings. The minimum atomic E-state index is -0.346. The van der Waals surface area contributed by atoms with Crippen LogP contribution >= 0.6 is 0 Å². The Bertz CT molecular complexity index is 654. The van der Waals surface area contributed by atoms with E-state index in [9.17, 15) is 14.4 Å². The summed E-state index contributed by atoms with van der Waals surface area (Å²) in [6.45, 7) is 7.37. The van der Waals surface area contributed by atoms with Crippen LogP contribution in [0, 0.1) is 0 Å². The van der Waals surface area contributed by atoms with Crippen LogP contribution in [0.15, 0.2) is 24.3 Å². The van der Waals surface area contributed by atoms with Crippen molar-refractivity contribution in [2.24, 2.45) is 0 Å². The lowest BCUT2D eigenvalue weighted by Crippen LogP contribution is -2.53. The maximum absolute atomic E-state index is 12.7. The highest BCUT2D eigenvalue weighted by Gasteiger charge is 2.27. The summed E-state index contributed by atoms with van der Waals surface area (Å²) in [5.74, 6) is -0.279. The number of carbonyl (C=O) groups excluding carboxylic acids is 3. The third-order valence-electron chi connectivity index (χ3n) is 4.50. The molecule has 3 amide bonds. The highest BCUT2D eigenvalue weighted by molar-refractivity contribution is 5.98. The van der Waals surface area contributed by atoms with Crippen LogP contribution in [0.5, 0.6) is 0 Å². The fourth-order valence-electron chi connectivity index (χ4n) is 3.03. The summed E-state index contributed by atoms with van der Waals surface area (Å²) < 4.78 is 4.99. The van der Waals surface area contributed by atoms with E-state index >= 15 is 0 Å². The number of amides is 3. The molecule has 2 rings (SSSR count). The Morgan fingerprint density at radius 1 is 1.04 bits per heavy atom. The highest BCUT2D eigenvalue weighted by atomic mass is 16.6. The number of rotatable bonds is 5. The van der Waals surface area contributed by atoms with Gasteiger partial charge in [0.2, 0.25) is 11.8 Å². The molecule has 1 aliphatic heterocycles. The van der Waals surface area contributed by atoms with Gasteiger partial charge in [-0.3, -0.25) is 9.59 Å². The van der Waals surface area contributed by atoms with E-state index in [1.807, 2.05) is 31.2 Å². The first-order valence-corrected chi connectivity index (χ1v) is 9.03. The zero-order valence-corrected chi connectivity index (χ0v) is 15.7. The second-order valence-corrected chi connectivity index (χ2v) is 6.15. The number of hydrogen-bond donors (Lipinski definition) is 0. The maximum Gasteiger partial charge on any atom is 0.409 e. The molecule has 1 aromatic rings. The van der Waals surface area contributed by atoms with Crippen molar-refractivity contribution in [2.75, 3.05) is 44.2 Å². The zero-order valence-electron chi connectivity index (χ0n) is 15.7. The minimum absolute atomic E-state index is 0.00571. The van der Waals surface area contributed by atoms with E-state index < -0.39 is 0 Å². The standard InChI is InChI=1S/C19H27N3O4/c1-4-16-8-6-7-9-17(16)22(15(3)23)14-18(24)20-10-12-21(13-11-20)19(25)26-5-2/h6-9H,4-5,10-14H2,1-3H3. The van der Waals surface area contributed by atoms with Crippen LogP contribution in [0.2, 0.25) is 0 Å². The minimum Gasteiger partial charge on any atom is -0.450 e. The summed E-state index contributed by atoms with van der Waals surface area (Å²) >= 11 is 0. The second-order valence-electron chi connectivity index (χ2n) is 6.15. The van der Waals surface area contributed by atoms with Crippen LogP contribution in [0.1, 0.15) is 26.3 Å². The van der Waals surface area contributed by atoms with Gasteiger partial charge in [-0.2, -0.15) is 0 Å². The van der Waals surface area contributed by atoms with E-state index in [1.54, 1.807) is 16.7 Å². The number of hydrogen-bond acceptors (Lipinski definition) is 4. The molecular weight excluding hydrogens is 334 g/mol. The van der Waals surface area contributed by atoms with Crippen molar-refractivity contribution in [3.05, 3.63) is 29.8 Å². The number of aryl methyl sites for hydroxylation is 1. The van der Waals surface area contributed by atoms with Crippen LogP contribution in [-0.2, 0) is 20.7 Å². The van der Waals surface area contributed by atoms with Crippen molar-refractivity contribution < 1.29 is 19.1 Å². The smallest absolute Gasteiger partial charge is 0.409 e. The number of piperazine rings is 1. The van der Waals surface area contributed by atoms with Crippen LogP contribution in [0.3, 0.4) is 0 Å². The molecule has 1 heterocycles. The Labute approximate surface area is 154 Å². The summed E-state index contributed by atoms with van der Waals surface area (Å²) in [7, 11) is 0. The monoisotopic (exact) mass is 361 g/mol. The largest absolute Gasteiger partial charge is 0.450 e. The van der Waals surface area contributed by atoms with Gasteiger partial charge in [0.25, 0.3) is 0 Å². The molecule has 0 spiro atoms. The lowest BCUT2D eigenvalue weighted by atomic mass is 10.1. The molecule has 0 N–H and O–H groups in total. The predicted molar refractivity (Wildman–Crippen MR) is 99.0 cm³/mol. The van der Waals surface area contributed by atoms with Crippen molar-refractivity contribution in [3.63, 3.8) is 0 Å². The fraction of sp³-hybridized carbons (Fsp3) is 0.526. The van der Waals surface area contributed by atoms with Gasteiger partial charge < -0.3 is 19.4 Å². The van der Waals surface area contributed by atoms with Crippen molar-refractivity contribution in [1.29, 1.82) is 0 Å². The molecule has 1 fully saturated rings. The lowest BCUT2D eigenvalue weighted by Gasteiger charge is -2.35. The summed E-state index contributed by atoms with van der Waals surface area (Å²) in [6.07, 6.45) is 0.439. The Balaban J connectivity index is 2.01. The predicted octanol–water partition coefficient (Wildman–Crippen LogP) is 1.90. The number of carbonyl (C=O) groups is 3. The van der Waals surface area contributed by atoms with Gasteiger partial charge in [0.15, 0.2) is 0 Å². The Morgan fingerprint density at radius 3 is 2.23 bits per heavy atom.